The van der Waals surface area contributed by atoms with Crippen molar-refractivity contribution in [2.24, 2.45) is 16.2 Å². The highest BCUT2D eigenvalue weighted by molar-refractivity contribution is 8.00. The van der Waals surface area contributed by atoms with Gasteiger partial charge in [0, 0.05) is 102 Å². The second-order valence-electron chi connectivity index (χ2n) is 20.9. The highest BCUT2D eigenvalue weighted by Gasteiger charge is 2.37. The lowest BCUT2D eigenvalue weighted by Gasteiger charge is -2.31. The first-order chi connectivity index (χ1) is 43.9. The maximum absolute atomic E-state index is 13.6. The average Bonchev–Trinajstić information content (AvgIpc) is 2.36. The van der Waals surface area contributed by atoms with Gasteiger partial charge in [0.15, 0.2) is 0 Å². The summed E-state index contributed by atoms with van der Waals surface area (Å²) in [6.07, 6.45) is 0.747. The Balaban J connectivity index is 6.41. The van der Waals surface area contributed by atoms with Gasteiger partial charge in [0.25, 0.3) is 0 Å². The number of rotatable bonds is 63. The maximum Gasteiger partial charge on any atom is 0.307 e. The minimum absolute atomic E-state index is 0.0338. The number of ether oxygens (including phenoxy) is 9. The van der Waals surface area contributed by atoms with Crippen molar-refractivity contribution in [1.82, 2.24) is 10.2 Å². The molecule has 0 amide bonds. The van der Waals surface area contributed by atoms with Crippen molar-refractivity contribution >= 4 is 124 Å². The third-order valence-electron chi connectivity index (χ3n) is 13.6. The molecule has 0 aromatic heterocycles. The molecule has 0 aliphatic rings. The minimum Gasteiger partial charge on any atom is -0.465 e. The lowest BCUT2D eigenvalue weighted by Crippen LogP contribution is -2.40. The minimum atomic E-state index is -1.12. The molecular weight excluding hydrogens is 1310 g/mol. The number of hydrogen-bond donors (Lipinski definition) is 7. The summed E-state index contributed by atoms with van der Waals surface area (Å²) in [7, 11) is 0. The molecule has 0 aromatic carbocycles. The zero-order valence-corrected chi connectivity index (χ0v) is 58.4. The van der Waals surface area contributed by atoms with E-state index in [-0.39, 0.29) is 202 Å². The molecule has 0 aliphatic heterocycles. The van der Waals surface area contributed by atoms with Gasteiger partial charge in [-0.15, -0.1) is 0 Å². The zero-order valence-electron chi connectivity index (χ0n) is 53.5. The highest BCUT2D eigenvalue weighted by atomic mass is 32.2. The molecule has 32 heteroatoms. The molecule has 26 nitrogen and oxygen atoms in total. The number of thioether (sulfide) groups is 6. The summed E-state index contributed by atoms with van der Waals surface area (Å²) < 4.78 is 50.8. The maximum atomic E-state index is 13.6. The monoisotopic (exact) mass is 1420 g/mol. The van der Waals surface area contributed by atoms with Crippen LogP contribution in [0.4, 0.5) is 0 Å². The summed E-state index contributed by atoms with van der Waals surface area (Å²) in [5, 5.41) is 57.8. The lowest BCUT2D eigenvalue weighted by molar-refractivity contribution is -0.164. The predicted octanol–water partition coefficient (Wildman–Crippen LogP) is 2.82. The second kappa shape index (κ2) is 58.4. The molecule has 7 N–H and O–H groups in total. The van der Waals surface area contributed by atoms with E-state index >= 15 is 0 Å². The van der Waals surface area contributed by atoms with Gasteiger partial charge in [-0.05, 0) is 19.3 Å². The van der Waals surface area contributed by atoms with Crippen LogP contribution in [0.1, 0.15) is 97.8 Å². The Bertz CT molecular complexity index is 1810. The standard InChI is InChI=1S/C59H104N2O24S6/c1-4-57(42-80-51(71)10-27-86-33-21-62,43-81-52(72)11-28-87-34-22-63)39-77-48(68)7-16-60-17-20-61(18-8-49(69)78-40-58(5-2,44-82-53(73)12-29-88-35-23-64)45-83-54(74)13-30-89-36-24-65)19-9-50(70)79-41-59(6-3,46-84-55(75)14-31-90-37-25-66)47-85-56(76)15-32-91-38-26-67/h60,62-67H,4-47H2,1-3H3. The molecule has 0 unspecified atom stereocenters. The third kappa shape index (κ3) is 48.4. The summed E-state index contributed by atoms with van der Waals surface area (Å²) in [6.45, 7) is 3.68. The van der Waals surface area contributed by atoms with Crippen LogP contribution in [0.15, 0.2) is 0 Å². The normalized spacial score (nSPS) is 11.7. The number of aliphatic hydroxyl groups is 6. The van der Waals surface area contributed by atoms with Crippen LogP contribution in [0.2, 0.25) is 0 Å². The second-order valence-corrected chi connectivity index (χ2v) is 28.2. The first-order valence-electron chi connectivity index (χ1n) is 30.8. The first kappa shape index (κ1) is 88.0. The fourth-order valence-electron chi connectivity index (χ4n) is 7.36. The first-order valence-corrected chi connectivity index (χ1v) is 37.8. The molecule has 530 valence electrons. The Labute approximate surface area is 562 Å². The van der Waals surface area contributed by atoms with E-state index < -0.39 is 70.0 Å². The highest BCUT2D eigenvalue weighted by Crippen LogP contribution is 2.28. The number of esters is 9. The fraction of sp³-hybridized carbons (Fsp3) is 0.847. The van der Waals surface area contributed by atoms with Crippen LogP contribution >= 0.6 is 70.6 Å². The van der Waals surface area contributed by atoms with Crippen LogP contribution in [0.25, 0.3) is 0 Å². The number of carbonyl (C=O) groups excluding carboxylic acids is 9. The average molecular weight is 1420 g/mol. The molecule has 0 fully saturated rings. The van der Waals surface area contributed by atoms with E-state index in [2.05, 4.69) is 5.32 Å². The van der Waals surface area contributed by atoms with Gasteiger partial charge in [-0.25, -0.2) is 0 Å². The van der Waals surface area contributed by atoms with Crippen molar-refractivity contribution in [3.63, 3.8) is 0 Å². The Morgan fingerprint density at radius 1 is 0.286 bits per heavy atom. The number of aliphatic hydroxyl groups excluding tert-OH is 6. The van der Waals surface area contributed by atoms with Gasteiger partial charge in [-0.1, -0.05) is 20.8 Å². The smallest absolute Gasteiger partial charge is 0.307 e. The topological polar surface area (TPSA) is 373 Å². The van der Waals surface area contributed by atoms with E-state index in [4.69, 9.17) is 73.3 Å². The summed E-state index contributed by atoms with van der Waals surface area (Å²) in [6, 6.07) is 0. The molecule has 0 aliphatic carbocycles. The van der Waals surface area contributed by atoms with Crippen LogP contribution in [0.3, 0.4) is 0 Å². The molecular formula is C59H104N2O24S6. The molecule has 91 heavy (non-hydrogen) atoms. The van der Waals surface area contributed by atoms with Crippen molar-refractivity contribution in [1.29, 1.82) is 0 Å². The molecule has 0 radical (unpaired) electrons. The summed E-state index contributed by atoms with van der Waals surface area (Å²) in [4.78, 5) is 119. The van der Waals surface area contributed by atoms with Crippen molar-refractivity contribution in [2.45, 2.75) is 97.8 Å². The van der Waals surface area contributed by atoms with Crippen LogP contribution in [0, 0.1) is 16.2 Å². The van der Waals surface area contributed by atoms with Crippen molar-refractivity contribution in [3.05, 3.63) is 0 Å². The largest absolute Gasteiger partial charge is 0.465 e. The van der Waals surface area contributed by atoms with Crippen molar-refractivity contribution in [3.8, 4) is 0 Å². The molecule has 0 saturated carbocycles. The number of nitrogens with zero attached hydrogens (tertiary/aromatic N) is 1. The van der Waals surface area contributed by atoms with E-state index in [0.29, 0.717) is 75.5 Å². The van der Waals surface area contributed by atoms with Crippen LogP contribution < -0.4 is 5.32 Å². The summed E-state index contributed by atoms with van der Waals surface area (Å²) in [5.74, 6) is 0.136. The SMILES string of the molecule is CCC(COC(=O)CCNCCN(CCC(=O)OCC(CC)(COC(=O)CCSCCO)COC(=O)CCSCCO)CCC(=O)OCC(CC)(COC(=O)CCSCCO)COC(=O)CCSCCO)(COC(=O)CCSCCO)COC(=O)CCSCCO. The van der Waals surface area contributed by atoms with Gasteiger partial charge >= 0.3 is 53.7 Å². The number of carbonyl (C=O) groups is 9. The van der Waals surface area contributed by atoms with Gasteiger partial charge in [-0.2, -0.15) is 70.6 Å². The quantitative estimate of drug-likeness (QED) is 0.0261. The Morgan fingerprint density at radius 2 is 0.484 bits per heavy atom. The fourth-order valence-corrected chi connectivity index (χ4v) is 11.2. The van der Waals surface area contributed by atoms with Gasteiger partial charge in [0.05, 0.1) is 114 Å². The van der Waals surface area contributed by atoms with E-state index in [1.165, 1.54) is 70.6 Å². The van der Waals surface area contributed by atoms with E-state index in [0.717, 1.165) is 0 Å². The Hall–Kier alpha value is -2.99. The number of nitrogens with one attached hydrogen (secondary N) is 1. The van der Waals surface area contributed by atoms with Gasteiger partial charge in [0.2, 0.25) is 0 Å². The van der Waals surface area contributed by atoms with Crippen molar-refractivity contribution < 1.29 is 116 Å². The van der Waals surface area contributed by atoms with E-state index in [9.17, 15) is 43.2 Å². The zero-order chi connectivity index (χ0) is 67.7. The number of hydrogen-bond acceptors (Lipinski definition) is 32. The predicted molar refractivity (Wildman–Crippen MR) is 354 cm³/mol. The van der Waals surface area contributed by atoms with Crippen LogP contribution in [-0.4, -0.2) is 290 Å². The van der Waals surface area contributed by atoms with E-state index in [1.807, 2.05) is 0 Å². The molecule has 0 rings (SSSR count). The van der Waals surface area contributed by atoms with E-state index in [1.54, 1.807) is 25.7 Å². The lowest BCUT2D eigenvalue weighted by atomic mass is 9.88. The van der Waals surface area contributed by atoms with Crippen LogP contribution in [0.5, 0.6) is 0 Å². The molecule has 0 heterocycles. The molecule has 0 bridgehead atoms. The van der Waals surface area contributed by atoms with Gasteiger partial charge in [-0.3, -0.25) is 43.2 Å². The Kier molecular flexibility index (Phi) is 56.5. The van der Waals surface area contributed by atoms with Gasteiger partial charge in [0.1, 0.15) is 59.5 Å². The van der Waals surface area contributed by atoms with Gasteiger partial charge < -0.3 is 83.5 Å². The summed E-state index contributed by atoms with van der Waals surface area (Å²) >= 11 is 8.27. The van der Waals surface area contributed by atoms with Crippen molar-refractivity contribution in [2.75, 3.05) is 201 Å². The molecule has 0 atom stereocenters. The molecule has 0 spiro atoms. The summed E-state index contributed by atoms with van der Waals surface area (Å²) in [5.41, 5.74) is -3.30. The molecule has 0 saturated heterocycles. The molecule has 0 aromatic rings. The Morgan fingerprint density at radius 3 is 0.681 bits per heavy atom. The third-order valence-corrected chi connectivity index (χ3v) is 19.4. The van der Waals surface area contributed by atoms with Crippen LogP contribution in [-0.2, 0) is 85.8 Å².